The van der Waals surface area contributed by atoms with Gasteiger partial charge < -0.3 is 15.3 Å². The molecule has 5 heteroatoms. The molecule has 1 aliphatic heterocycles. The van der Waals surface area contributed by atoms with Gasteiger partial charge in [-0.3, -0.25) is 4.79 Å². The number of carboxylic acid groups (broad SMARTS) is 1. The lowest BCUT2D eigenvalue weighted by Crippen LogP contribution is -2.32. The number of nitrogens with one attached hydrogen (secondary N) is 1. The lowest BCUT2D eigenvalue weighted by atomic mass is 10.1. The molecule has 0 atom stereocenters. The first-order valence-electron chi connectivity index (χ1n) is 6.02. The van der Waals surface area contributed by atoms with Crippen molar-refractivity contribution in [2.75, 3.05) is 18.4 Å². The van der Waals surface area contributed by atoms with Crippen LogP contribution in [-0.2, 0) is 11.2 Å². The Hall–Kier alpha value is -2.04. The van der Waals surface area contributed by atoms with E-state index in [1.807, 2.05) is 0 Å². The summed E-state index contributed by atoms with van der Waals surface area (Å²) in [4.78, 5) is 24.1. The molecule has 0 saturated carbocycles. The molecule has 1 aliphatic rings. The second-order valence-electron chi connectivity index (χ2n) is 4.39. The largest absolute Gasteiger partial charge is 0.481 e. The van der Waals surface area contributed by atoms with Crippen molar-refractivity contribution in [1.29, 1.82) is 0 Å². The first-order valence-corrected chi connectivity index (χ1v) is 6.02. The highest BCUT2D eigenvalue weighted by Gasteiger charge is 2.17. The molecule has 2 rings (SSSR count). The van der Waals surface area contributed by atoms with Crippen LogP contribution in [0.3, 0.4) is 0 Å². The Morgan fingerprint density at radius 1 is 1.17 bits per heavy atom. The van der Waals surface area contributed by atoms with Crippen LogP contribution in [0.15, 0.2) is 24.3 Å². The van der Waals surface area contributed by atoms with Crippen LogP contribution in [0.1, 0.15) is 18.4 Å². The van der Waals surface area contributed by atoms with Crippen molar-refractivity contribution in [3.8, 4) is 0 Å². The van der Waals surface area contributed by atoms with Crippen molar-refractivity contribution in [2.24, 2.45) is 0 Å². The Balaban J connectivity index is 1.93. The molecule has 2 N–H and O–H groups in total. The van der Waals surface area contributed by atoms with Gasteiger partial charge in [0.1, 0.15) is 0 Å². The molecule has 0 radical (unpaired) electrons. The monoisotopic (exact) mass is 248 g/mol. The highest BCUT2D eigenvalue weighted by Crippen LogP contribution is 2.13. The molecule has 1 saturated heterocycles. The van der Waals surface area contributed by atoms with Crippen molar-refractivity contribution in [1.82, 2.24) is 4.90 Å². The number of amides is 2. The van der Waals surface area contributed by atoms with Gasteiger partial charge in [-0.2, -0.15) is 0 Å². The number of hydrogen-bond donors (Lipinski definition) is 2. The number of carbonyl (C=O) groups excluding carboxylic acids is 1. The van der Waals surface area contributed by atoms with Crippen LogP contribution < -0.4 is 5.32 Å². The summed E-state index contributed by atoms with van der Waals surface area (Å²) < 4.78 is 0. The van der Waals surface area contributed by atoms with E-state index in [1.165, 1.54) is 0 Å². The number of urea groups is 1. The van der Waals surface area contributed by atoms with Crippen LogP contribution in [0.2, 0.25) is 0 Å². The maximum atomic E-state index is 11.8. The van der Waals surface area contributed by atoms with Crippen molar-refractivity contribution >= 4 is 17.7 Å². The number of aliphatic carboxylic acids is 1. The smallest absolute Gasteiger partial charge is 0.321 e. The van der Waals surface area contributed by atoms with Crippen molar-refractivity contribution < 1.29 is 14.7 Å². The number of hydrogen-bond acceptors (Lipinski definition) is 2. The molecular weight excluding hydrogens is 232 g/mol. The van der Waals surface area contributed by atoms with Gasteiger partial charge in [0.25, 0.3) is 0 Å². The van der Waals surface area contributed by atoms with Gasteiger partial charge in [0, 0.05) is 18.8 Å². The zero-order valence-corrected chi connectivity index (χ0v) is 10.1. The van der Waals surface area contributed by atoms with E-state index in [0.29, 0.717) is 5.69 Å². The molecule has 1 aromatic rings. The summed E-state index contributed by atoms with van der Waals surface area (Å²) >= 11 is 0. The number of anilines is 1. The van der Waals surface area contributed by atoms with E-state index in [4.69, 9.17) is 5.11 Å². The van der Waals surface area contributed by atoms with E-state index >= 15 is 0 Å². The Kier molecular flexibility index (Phi) is 3.82. The number of carbonyl (C=O) groups is 2. The molecule has 1 fully saturated rings. The summed E-state index contributed by atoms with van der Waals surface area (Å²) in [6.07, 6.45) is 2.12. The van der Waals surface area contributed by atoms with Crippen LogP contribution in [0.25, 0.3) is 0 Å². The molecule has 0 bridgehead atoms. The molecule has 1 aromatic carbocycles. The summed E-state index contributed by atoms with van der Waals surface area (Å²) in [5.41, 5.74) is 1.42. The highest BCUT2D eigenvalue weighted by molar-refractivity contribution is 5.89. The summed E-state index contributed by atoms with van der Waals surface area (Å²) in [5, 5.41) is 11.5. The van der Waals surface area contributed by atoms with Gasteiger partial charge in [0.2, 0.25) is 0 Å². The van der Waals surface area contributed by atoms with Crippen molar-refractivity contribution in [3.63, 3.8) is 0 Å². The predicted molar refractivity (Wildman–Crippen MR) is 67.6 cm³/mol. The fraction of sp³-hybridized carbons (Fsp3) is 0.385. The van der Waals surface area contributed by atoms with E-state index in [1.54, 1.807) is 29.2 Å². The third kappa shape index (κ3) is 3.23. The van der Waals surface area contributed by atoms with Gasteiger partial charge in [-0.15, -0.1) is 0 Å². The predicted octanol–water partition coefficient (Wildman–Crippen LogP) is 1.94. The number of nitrogens with zero attached hydrogens (tertiary/aromatic N) is 1. The molecule has 18 heavy (non-hydrogen) atoms. The van der Waals surface area contributed by atoms with Crippen LogP contribution in [0.5, 0.6) is 0 Å². The molecular formula is C13H16N2O3. The first-order chi connectivity index (χ1) is 8.65. The lowest BCUT2D eigenvalue weighted by Gasteiger charge is -2.16. The maximum absolute atomic E-state index is 11.8. The van der Waals surface area contributed by atoms with Crippen LogP contribution in [0.4, 0.5) is 10.5 Å². The van der Waals surface area contributed by atoms with Crippen LogP contribution in [0, 0.1) is 0 Å². The third-order valence-electron chi connectivity index (χ3n) is 2.95. The van der Waals surface area contributed by atoms with Gasteiger partial charge in [0.15, 0.2) is 0 Å². The van der Waals surface area contributed by atoms with E-state index in [-0.39, 0.29) is 12.5 Å². The minimum absolute atomic E-state index is 0.000349. The fourth-order valence-corrected chi connectivity index (χ4v) is 2.00. The van der Waals surface area contributed by atoms with Gasteiger partial charge in [-0.05, 0) is 30.5 Å². The molecule has 5 nitrogen and oxygen atoms in total. The van der Waals surface area contributed by atoms with E-state index in [2.05, 4.69) is 5.32 Å². The number of likely N-dealkylation sites (tertiary alicyclic amines) is 1. The summed E-state index contributed by atoms with van der Waals surface area (Å²) in [7, 11) is 0. The topological polar surface area (TPSA) is 69.6 Å². The van der Waals surface area contributed by atoms with Crippen molar-refractivity contribution in [3.05, 3.63) is 29.8 Å². The quantitative estimate of drug-likeness (QED) is 0.858. The fourth-order valence-electron chi connectivity index (χ4n) is 2.00. The highest BCUT2D eigenvalue weighted by atomic mass is 16.4. The van der Waals surface area contributed by atoms with Crippen molar-refractivity contribution in [2.45, 2.75) is 19.3 Å². The minimum atomic E-state index is -0.858. The standard InChI is InChI=1S/C13H16N2O3/c16-12(17)9-10-3-5-11(6-4-10)14-13(18)15-7-1-2-8-15/h3-6H,1-2,7-9H2,(H,14,18)(H,16,17). The number of benzene rings is 1. The summed E-state index contributed by atoms with van der Waals surface area (Å²) in [6.45, 7) is 1.62. The Labute approximate surface area is 105 Å². The zero-order valence-electron chi connectivity index (χ0n) is 10.1. The lowest BCUT2D eigenvalue weighted by molar-refractivity contribution is -0.136. The molecule has 2 amide bonds. The number of carboxylic acids is 1. The van der Waals surface area contributed by atoms with Gasteiger partial charge in [-0.25, -0.2) is 4.79 Å². The minimum Gasteiger partial charge on any atom is -0.481 e. The second kappa shape index (κ2) is 5.53. The molecule has 96 valence electrons. The van der Waals surface area contributed by atoms with E-state index in [9.17, 15) is 9.59 Å². The SMILES string of the molecule is O=C(O)Cc1ccc(NC(=O)N2CCCC2)cc1. The maximum Gasteiger partial charge on any atom is 0.321 e. The average Bonchev–Trinajstić information content (AvgIpc) is 2.84. The third-order valence-corrected chi connectivity index (χ3v) is 2.95. The molecule has 0 aromatic heterocycles. The van der Waals surface area contributed by atoms with Gasteiger partial charge >= 0.3 is 12.0 Å². The Bertz CT molecular complexity index is 436. The average molecular weight is 248 g/mol. The van der Waals surface area contributed by atoms with E-state index < -0.39 is 5.97 Å². The summed E-state index contributed by atoms with van der Waals surface area (Å²) in [5.74, 6) is -0.858. The molecule has 0 unspecified atom stereocenters. The normalized spacial score (nSPS) is 14.6. The second-order valence-corrected chi connectivity index (χ2v) is 4.39. The first kappa shape index (κ1) is 12.4. The van der Waals surface area contributed by atoms with Gasteiger partial charge in [-0.1, -0.05) is 12.1 Å². The Morgan fingerprint density at radius 2 is 1.78 bits per heavy atom. The zero-order chi connectivity index (χ0) is 13.0. The van der Waals surface area contributed by atoms with Crippen LogP contribution in [-0.4, -0.2) is 35.1 Å². The molecule has 1 heterocycles. The van der Waals surface area contributed by atoms with Gasteiger partial charge in [0.05, 0.1) is 6.42 Å². The van der Waals surface area contributed by atoms with Crippen LogP contribution >= 0.6 is 0 Å². The molecule has 0 spiro atoms. The number of rotatable bonds is 3. The Morgan fingerprint density at radius 3 is 2.33 bits per heavy atom. The molecule has 0 aliphatic carbocycles. The summed E-state index contributed by atoms with van der Waals surface area (Å²) in [6, 6.07) is 6.80. The van der Waals surface area contributed by atoms with E-state index in [0.717, 1.165) is 31.5 Å².